The van der Waals surface area contributed by atoms with Crippen LogP contribution in [-0.4, -0.2) is 25.4 Å². The number of H-pyrrole nitrogens is 1. The summed E-state index contributed by atoms with van der Waals surface area (Å²) in [5, 5.41) is 3.02. The number of nitrogens with one attached hydrogen (secondary N) is 2. The van der Waals surface area contributed by atoms with Crippen molar-refractivity contribution in [3.63, 3.8) is 0 Å². The Morgan fingerprint density at radius 3 is 2.82 bits per heavy atom. The number of benzene rings is 2. The lowest BCUT2D eigenvalue weighted by atomic mass is 9.85. The van der Waals surface area contributed by atoms with Crippen molar-refractivity contribution in [2.45, 2.75) is 45.1 Å². The highest BCUT2D eigenvalue weighted by atomic mass is 16.1. The van der Waals surface area contributed by atoms with Crippen LogP contribution in [0.4, 0.5) is 5.69 Å². The summed E-state index contributed by atoms with van der Waals surface area (Å²) in [6.07, 6.45) is 4.49. The van der Waals surface area contributed by atoms with E-state index in [1.165, 1.54) is 19.3 Å². The number of amides is 1. The molecule has 0 spiro atoms. The lowest BCUT2D eigenvalue weighted by Gasteiger charge is -2.22. The fourth-order valence-corrected chi connectivity index (χ4v) is 3.90. The molecule has 5 rings (SSSR count). The zero-order valence-corrected chi connectivity index (χ0v) is 15.9. The minimum absolute atomic E-state index is 0.0593. The van der Waals surface area contributed by atoms with Gasteiger partial charge in [0.05, 0.1) is 22.1 Å². The molecular formula is C22H23N5O. The van der Waals surface area contributed by atoms with Crippen molar-refractivity contribution in [3.8, 4) is 0 Å². The third-order valence-corrected chi connectivity index (χ3v) is 5.63. The van der Waals surface area contributed by atoms with Crippen LogP contribution in [0, 0.1) is 0 Å². The standard InChI is InChI=1S/C22H23N5O/c1-2-20-24-17-8-3-4-9-19(17)27(20)13-21(28)23-15-10-11-16-18(12-15)26-22(25-16)14-6-5-7-14/h3-4,8-12,14H,2,5-7,13H2,1H3,(H,23,28)(H,25,26). The third kappa shape index (κ3) is 2.95. The number of para-hydroxylation sites is 2. The molecule has 2 aromatic carbocycles. The van der Waals surface area contributed by atoms with Gasteiger partial charge in [0.1, 0.15) is 18.2 Å². The van der Waals surface area contributed by atoms with Crippen molar-refractivity contribution < 1.29 is 4.79 Å². The van der Waals surface area contributed by atoms with E-state index in [9.17, 15) is 4.79 Å². The average Bonchev–Trinajstić information content (AvgIpc) is 3.21. The molecule has 1 saturated carbocycles. The van der Waals surface area contributed by atoms with E-state index in [1.807, 2.05) is 47.0 Å². The molecule has 0 unspecified atom stereocenters. The lowest BCUT2D eigenvalue weighted by Crippen LogP contribution is -2.20. The van der Waals surface area contributed by atoms with Gasteiger partial charge in [-0.3, -0.25) is 4.79 Å². The number of aromatic amines is 1. The monoisotopic (exact) mass is 373 g/mol. The first-order valence-electron chi connectivity index (χ1n) is 9.95. The van der Waals surface area contributed by atoms with Crippen LogP contribution in [0.15, 0.2) is 42.5 Å². The van der Waals surface area contributed by atoms with Gasteiger partial charge in [-0.1, -0.05) is 25.5 Å². The summed E-state index contributed by atoms with van der Waals surface area (Å²) in [5.74, 6) is 2.50. The van der Waals surface area contributed by atoms with Gasteiger partial charge in [-0.25, -0.2) is 9.97 Å². The van der Waals surface area contributed by atoms with E-state index in [4.69, 9.17) is 4.98 Å². The number of aryl methyl sites for hydroxylation is 1. The van der Waals surface area contributed by atoms with Gasteiger partial charge in [-0.15, -0.1) is 0 Å². The summed E-state index contributed by atoms with van der Waals surface area (Å²) < 4.78 is 1.99. The first kappa shape index (κ1) is 17.0. The quantitative estimate of drug-likeness (QED) is 0.545. The number of hydrogen-bond donors (Lipinski definition) is 2. The Labute approximate surface area is 163 Å². The van der Waals surface area contributed by atoms with Crippen molar-refractivity contribution in [2.24, 2.45) is 0 Å². The Hall–Kier alpha value is -3.15. The van der Waals surface area contributed by atoms with E-state index in [2.05, 4.69) is 22.2 Å². The van der Waals surface area contributed by atoms with Crippen LogP contribution in [-0.2, 0) is 17.8 Å². The molecule has 1 amide bonds. The van der Waals surface area contributed by atoms with Gasteiger partial charge in [-0.2, -0.15) is 0 Å². The maximum absolute atomic E-state index is 12.7. The van der Waals surface area contributed by atoms with E-state index in [-0.39, 0.29) is 12.5 Å². The highest BCUT2D eigenvalue weighted by Gasteiger charge is 2.22. The Morgan fingerprint density at radius 2 is 2.04 bits per heavy atom. The van der Waals surface area contributed by atoms with Crippen LogP contribution in [0.25, 0.3) is 22.1 Å². The summed E-state index contributed by atoms with van der Waals surface area (Å²) in [4.78, 5) is 25.5. The maximum atomic E-state index is 12.7. The summed E-state index contributed by atoms with van der Waals surface area (Å²) in [5.41, 5.74) is 4.62. The van der Waals surface area contributed by atoms with Crippen molar-refractivity contribution >= 4 is 33.7 Å². The minimum atomic E-state index is -0.0593. The van der Waals surface area contributed by atoms with E-state index in [1.54, 1.807) is 0 Å². The Kier molecular flexibility index (Phi) is 4.11. The molecule has 2 heterocycles. The van der Waals surface area contributed by atoms with Crippen molar-refractivity contribution in [3.05, 3.63) is 54.1 Å². The molecule has 0 aliphatic heterocycles. The van der Waals surface area contributed by atoms with Gasteiger partial charge in [0.2, 0.25) is 5.91 Å². The van der Waals surface area contributed by atoms with Crippen LogP contribution in [0.3, 0.4) is 0 Å². The van der Waals surface area contributed by atoms with Crippen LogP contribution in [0.2, 0.25) is 0 Å². The molecule has 1 aliphatic rings. The molecule has 0 atom stereocenters. The molecule has 1 aliphatic carbocycles. The normalized spacial score (nSPS) is 14.5. The molecule has 4 aromatic rings. The van der Waals surface area contributed by atoms with Crippen LogP contribution < -0.4 is 5.32 Å². The molecule has 1 fully saturated rings. The topological polar surface area (TPSA) is 75.6 Å². The molecule has 28 heavy (non-hydrogen) atoms. The van der Waals surface area contributed by atoms with Gasteiger partial charge in [-0.05, 0) is 43.2 Å². The van der Waals surface area contributed by atoms with E-state index in [0.29, 0.717) is 5.92 Å². The van der Waals surface area contributed by atoms with Crippen molar-refractivity contribution in [2.75, 3.05) is 5.32 Å². The summed E-state index contributed by atoms with van der Waals surface area (Å²) in [7, 11) is 0. The highest BCUT2D eigenvalue weighted by molar-refractivity contribution is 5.93. The number of fused-ring (bicyclic) bond motifs is 2. The van der Waals surface area contributed by atoms with Crippen molar-refractivity contribution in [1.29, 1.82) is 0 Å². The molecule has 0 bridgehead atoms. The highest BCUT2D eigenvalue weighted by Crippen LogP contribution is 2.35. The SMILES string of the molecule is CCc1nc2ccccc2n1CC(=O)Nc1ccc2nc(C3CCC3)[nH]c2c1. The molecule has 142 valence electrons. The number of anilines is 1. The van der Waals surface area contributed by atoms with E-state index < -0.39 is 0 Å². The number of aromatic nitrogens is 4. The van der Waals surface area contributed by atoms with Crippen LogP contribution in [0.1, 0.15) is 43.8 Å². The molecule has 0 saturated heterocycles. The Bertz CT molecular complexity index is 1170. The van der Waals surface area contributed by atoms with E-state index >= 15 is 0 Å². The zero-order valence-electron chi connectivity index (χ0n) is 15.9. The molecule has 6 heteroatoms. The lowest BCUT2D eigenvalue weighted by molar-refractivity contribution is -0.116. The molecule has 2 aromatic heterocycles. The van der Waals surface area contributed by atoms with Gasteiger partial charge in [0, 0.05) is 18.0 Å². The number of imidazole rings is 2. The van der Waals surface area contributed by atoms with Gasteiger partial charge in [0.25, 0.3) is 0 Å². The van der Waals surface area contributed by atoms with Crippen LogP contribution in [0.5, 0.6) is 0 Å². The van der Waals surface area contributed by atoms with Crippen molar-refractivity contribution in [1.82, 2.24) is 19.5 Å². The smallest absolute Gasteiger partial charge is 0.244 e. The van der Waals surface area contributed by atoms with Gasteiger partial charge < -0.3 is 14.9 Å². The number of carbonyl (C=O) groups is 1. The Morgan fingerprint density at radius 1 is 1.18 bits per heavy atom. The fraction of sp³-hybridized carbons (Fsp3) is 0.318. The number of hydrogen-bond acceptors (Lipinski definition) is 3. The second-order valence-electron chi connectivity index (χ2n) is 7.49. The molecule has 0 radical (unpaired) electrons. The first-order valence-corrected chi connectivity index (χ1v) is 9.95. The number of carbonyl (C=O) groups excluding carboxylic acids is 1. The largest absolute Gasteiger partial charge is 0.342 e. The predicted octanol–water partition coefficient (Wildman–Crippen LogP) is 4.38. The second-order valence-corrected chi connectivity index (χ2v) is 7.49. The molecule has 2 N–H and O–H groups in total. The Balaban J connectivity index is 1.37. The fourth-order valence-electron chi connectivity index (χ4n) is 3.90. The first-order chi connectivity index (χ1) is 13.7. The molecular weight excluding hydrogens is 350 g/mol. The average molecular weight is 373 g/mol. The third-order valence-electron chi connectivity index (χ3n) is 5.63. The maximum Gasteiger partial charge on any atom is 0.244 e. The number of nitrogens with zero attached hydrogens (tertiary/aromatic N) is 3. The van der Waals surface area contributed by atoms with Gasteiger partial charge in [0.15, 0.2) is 0 Å². The number of rotatable bonds is 5. The second kappa shape index (κ2) is 6.78. The predicted molar refractivity (Wildman–Crippen MR) is 110 cm³/mol. The summed E-state index contributed by atoms with van der Waals surface area (Å²) in [6, 6.07) is 13.8. The van der Waals surface area contributed by atoms with Gasteiger partial charge >= 0.3 is 0 Å². The summed E-state index contributed by atoms with van der Waals surface area (Å²) in [6.45, 7) is 2.31. The molecule has 6 nitrogen and oxygen atoms in total. The zero-order chi connectivity index (χ0) is 19.1. The van der Waals surface area contributed by atoms with E-state index in [0.717, 1.165) is 45.8 Å². The summed E-state index contributed by atoms with van der Waals surface area (Å²) >= 11 is 0. The van der Waals surface area contributed by atoms with Crippen LogP contribution >= 0.6 is 0 Å². The minimum Gasteiger partial charge on any atom is -0.342 e.